The molecule has 3 nitrogen and oxygen atoms in total. The predicted molar refractivity (Wildman–Crippen MR) is 38.1 cm³/mol. The molecule has 0 spiro atoms. The molecule has 0 bridgehead atoms. The molecule has 0 aromatic heterocycles. The van der Waals surface area contributed by atoms with E-state index in [1.807, 2.05) is 19.0 Å². The van der Waals surface area contributed by atoms with Crippen LogP contribution in [0.25, 0.3) is 0 Å². The number of halogens is 1. The van der Waals surface area contributed by atoms with Crippen LogP contribution in [0.15, 0.2) is 0 Å². The molecule has 4 heteroatoms. The average Bonchev–Trinajstić information content (AvgIpc) is 2.43. The Bertz CT molecular complexity index is 83.0. The topological polar surface area (TPSA) is 50.8 Å². The number of hydrogen-bond acceptors (Lipinski definition) is 3. The van der Waals surface area contributed by atoms with Crippen molar-refractivity contribution in [3.8, 4) is 0 Å². The van der Waals surface area contributed by atoms with Gasteiger partial charge in [0, 0.05) is 0 Å². The highest BCUT2D eigenvalue weighted by Gasteiger charge is 2.32. The van der Waals surface area contributed by atoms with E-state index < -0.39 is 0 Å². The summed E-state index contributed by atoms with van der Waals surface area (Å²) in [5.74, 6) is 0. The van der Waals surface area contributed by atoms with E-state index in [0.717, 1.165) is 6.61 Å². The quantitative estimate of drug-likeness (QED) is 0.360. The van der Waals surface area contributed by atoms with E-state index in [2.05, 4.69) is 0 Å². The van der Waals surface area contributed by atoms with Crippen molar-refractivity contribution in [1.29, 1.82) is 0 Å². The number of epoxide rings is 1. The zero-order valence-corrected chi connectivity index (χ0v) is 6.56. The van der Waals surface area contributed by atoms with Gasteiger partial charge in [-0.05, 0) is 14.1 Å². The predicted octanol–water partition coefficient (Wildman–Crippen LogP) is 0.674. The number of nitrogens with zero attached hydrogens (tertiary/aromatic N) is 1. The smallest absolute Gasteiger partial charge is 0.113 e. The molecular formula is C5H13ClN2O. The van der Waals surface area contributed by atoms with Crippen LogP contribution in [0, 0.1) is 0 Å². The molecule has 0 radical (unpaired) electrons. The van der Waals surface area contributed by atoms with E-state index in [9.17, 15) is 0 Å². The Morgan fingerprint density at radius 3 is 2.22 bits per heavy atom. The number of rotatable bonds is 2. The normalized spacial score (nSPS) is 27.3. The van der Waals surface area contributed by atoms with Crippen LogP contribution in [0.1, 0.15) is 0 Å². The molecule has 1 saturated heterocycles. The Hall–Kier alpha value is 0.170. The first-order valence-electron chi connectivity index (χ1n) is 2.64. The maximum atomic E-state index is 5.81. The summed E-state index contributed by atoms with van der Waals surface area (Å²) in [7, 11) is 3.89. The lowest BCUT2D eigenvalue weighted by molar-refractivity contribution is 0.294. The van der Waals surface area contributed by atoms with Gasteiger partial charge >= 0.3 is 0 Å². The average molecular weight is 153 g/mol. The van der Waals surface area contributed by atoms with Crippen LogP contribution in [0.4, 0.5) is 0 Å². The van der Waals surface area contributed by atoms with Gasteiger partial charge in [0.1, 0.15) is 11.6 Å². The van der Waals surface area contributed by atoms with Gasteiger partial charge < -0.3 is 10.9 Å². The van der Waals surface area contributed by atoms with Crippen LogP contribution in [0.2, 0.25) is 0 Å². The van der Waals surface area contributed by atoms with Gasteiger partial charge in [-0.25, -0.2) is 0 Å². The lowest BCUT2D eigenvalue weighted by atomic mass is 10.4. The molecule has 1 rings (SSSR count). The molecule has 1 fully saturated rings. The third-order valence-electron chi connectivity index (χ3n) is 1.16. The molecule has 1 aliphatic heterocycles. The van der Waals surface area contributed by atoms with Crippen molar-refractivity contribution in [2.24, 2.45) is 0 Å². The summed E-state index contributed by atoms with van der Waals surface area (Å²) in [5.41, 5.74) is 0.0648. The highest BCUT2D eigenvalue weighted by molar-refractivity contribution is 6.20. The maximum Gasteiger partial charge on any atom is 0.113 e. The summed E-state index contributed by atoms with van der Waals surface area (Å²) < 4.78 is 4.96. The van der Waals surface area contributed by atoms with Crippen molar-refractivity contribution in [2.45, 2.75) is 11.6 Å². The molecule has 2 atom stereocenters. The summed E-state index contributed by atoms with van der Waals surface area (Å²) in [6, 6.07) is 0. The first kappa shape index (κ1) is 9.17. The van der Waals surface area contributed by atoms with Crippen LogP contribution in [0.5, 0.6) is 0 Å². The Morgan fingerprint density at radius 1 is 1.67 bits per heavy atom. The molecule has 0 aliphatic carbocycles. The van der Waals surface area contributed by atoms with Crippen LogP contribution in [-0.2, 0) is 4.74 Å². The molecule has 0 saturated carbocycles. The van der Waals surface area contributed by atoms with Crippen molar-refractivity contribution in [2.75, 3.05) is 20.7 Å². The second-order valence-corrected chi connectivity index (χ2v) is 2.66. The van der Waals surface area contributed by atoms with Gasteiger partial charge in [0.25, 0.3) is 0 Å². The van der Waals surface area contributed by atoms with Gasteiger partial charge in [0.15, 0.2) is 0 Å². The zero-order valence-electron chi connectivity index (χ0n) is 5.80. The van der Waals surface area contributed by atoms with Gasteiger partial charge in [0.05, 0.1) is 6.61 Å². The fourth-order valence-electron chi connectivity index (χ4n) is 0.547. The molecule has 3 N–H and O–H groups in total. The van der Waals surface area contributed by atoms with Crippen LogP contribution in [0.3, 0.4) is 0 Å². The third kappa shape index (κ3) is 2.49. The van der Waals surface area contributed by atoms with E-state index in [1.54, 1.807) is 0 Å². The van der Waals surface area contributed by atoms with Gasteiger partial charge in [-0.15, -0.1) is 11.6 Å². The lowest BCUT2D eigenvalue weighted by Crippen LogP contribution is -2.27. The number of ether oxygens (including phenoxy) is 1. The largest absolute Gasteiger partial charge is 0.370 e. The molecule has 1 aliphatic rings. The fraction of sp³-hybridized carbons (Fsp3) is 1.00. The highest BCUT2D eigenvalue weighted by atomic mass is 35.5. The molecule has 0 aromatic rings. The Kier molecular flexibility index (Phi) is 3.43. The van der Waals surface area contributed by atoms with E-state index in [1.165, 1.54) is 0 Å². The van der Waals surface area contributed by atoms with Crippen LogP contribution < -0.4 is 6.15 Å². The van der Waals surface area contributed by atoms with E-state index in [0.29, 0.717) is 0 Å². The Morgan fingerprint density at radius 2 is 2.11 bits per heavy atom. The standard InChI is InChI=1S/C5H10ClNO.H3N/c1-7(2)5(6)4-3-8-4;/h4-5H,3H2,1-2H3;1H3. The SMILES string of the molecule is CN(C)C(Cl)C1CO1.N. The molecule has 2 unspecified atom stereocenters. The molecular weight excluding hydrogens is 140 g/mol. The Labute approximate surface area is 60.5 Å². The van der Waals surface area contributed by atoms with Gasteiger partial charge in [-0.2, -0.15) is 0 Å². The first-order chi connectivity index (χ1) is 3.72. The summed E-state index contributed by atoms with van der Waals surface area (Å²) in [5, 5.41) is 0. The van der Waals surface area contributed by atoms with Gasteiger partial charge in [0.2, 0.25) is 0 Å². The summed E-state index contributed by atoms with van der Waals surface area (Å²) in [6.45, 7) is 0.826. The number of alkyl halides is 1. The maximum absolute atomic E-state index is 5.81. The lowest BCUT2D eigenvalue weighted by Gasteiger charge is -2.13. The molecule has 0 aromatic carbocycles. The third-order valence-corrected chi connectivity index (χ3v) is 1.83. The highest BCUT2D eigenvalue weighted by Crippen LogP contribution is 2.19. The molecule has 0 amide bonds. The van der Waals surface area contributed by atoms with Crippen LogP contribution in [-0.4, -0.2) is 37.2 Å². The monoisotopic (exact) mass is 152 g/mol. The minimum absolute atomic E-state index is 0. The minimum Gasteiger partial charge on any atom is -0.370 e. The summed E-state index contributed by atoms with van der Waals surface area (Å²) in [6.07, 6.45) is 0.284. The fourth-order valence-corrected chi connectivity index (χ4v) is 0.692. The van der Waals surface area contributed by atoms with Crippen molar-refractivity contribution in [3.63, 3.8) is 0 Å². The second kappa shape index (κ2) is 3.37. The van der Waals surface area contributed by atoms with Gasteiger partial charge in [-0.3, -0.25) is 4.90 Å². The number of likely N-dealkylation sites (N-methyl/N-ethyl adjacent to an activating group) is 1. The number of hydrogen-bond donors (Lipinski definition) is 1. The first-order valence-corrected chi connectivity index (χ1v) is 3.07. The Balaban J connectivity index is 0.000000640. The van der Waals surface area contributed by atoms with Crippen molar-refractivity contribution < 1.29 is 4.74 Å². The second-order valence-electron chi connectivity index (χ2n) is 2.21. The van der Waals surface area contributed by atoms with E-state index >= 15 is 0 Å². The van der Waals surface area contributed by atoms with Crippen molar-refractivity contribution in [1.82, 2.24) is 11.1 Å². The van der Waals surface area contributed by atoms with Crippen molar-refractivity contribution in [3.05, 3.63) is 0 Å². The molecule has 56 valence electrons. The van der Waals surface area contributed by atoms with Crippen LogP contribution >= 0.6 is 11.6 Å². The van der Waals surface area contributed by atoms with E-state index in [4.69, 9.17) is 16.3 Å². The van der Waals surface area contributed by atoms with Gasteiger partial charge in [-0.1, -0.05) is 0 Å². The van der Waals surface area contributed by atoms with Crippen molar-refractivity contribution >= 4 is 11.6 Å². The minimum atomic E-state index is 0. The zero-order chi connectivity index (χ0) is 6.15. The van der Waals surface area contributed by atoms with E-state index in [-0.39, 0.29) is 17.8 Å². The molecule has 9 heavy (non-hydrogen) atoms. The summed E-state index contributed by atoms with van der Waals surface area (Å²) >= 11 is 5.81. The molecule has 1 heterocycles. The summed E-state index contributed by atoms with van der Waals surface area (Å²) in [4.78, 5) is 1.94.